The van der Waals surface area contributed by atoms with Crippen LogP contribution in [0.1, 0.15) is 35.9 Å². The summed E-state index contributed by atoms with van der Waals surface area (Å²) in [5, 5.41) is 8.25. The molecule has 2 aliphatic heterocycles. The zero-order valence-corrected chi connectivity index (χ0v) is 17.6. The van der Waals surface area contributed by atoms with Gasteiger partial charge in [-0.15, -0.1) is 11.3 Å². The number of furan rings is 1. The van der Waals surface area contributed by atoms with Crippen molar-refractivity contribution in [1.29, 1.82) is 0 Å². The second-order valence-electron chi connectivity index (χ2n) is 7.80. The summed E-state index contributed by atoms with van der Waals surface area (Å²) in [4.78, 5) is 30.3. The van der Waals surface area contributed by atoms with Crippen LogP contribution in [0, 0.1) is 5.92 Å². The Morgan fingerprint density at radius 3 is 2.86 bits per heavy atom. The molecule has 0 aliphatic carbocycles. The number of carbonyl (C=O) groups is 2. The number of hydrogen-bond donors (Lipinski definition) is 0. The average Bonchev–Trinajstić information content (AvgIpc) is 3.48. The van der Waals surface area contributed by atoms with Gasteiger partial charge < -0.3 is 9.32 Å². The molecule has 0 bridgehead atoms. The highest BCUT2D eigenvalue weighted by Crippen LogP contribution is 2.34. The average molecular weight is 415 g/mol. The fraction of sp³-hybridized carbons (Fsp3) is 0.476. The normalized spacial score (nSPS) is 22.6. The first-order valence-electron chi connectivity index (χ1n) is 9.93. The van der Waals surface area contributed by atoms with E-state index in [0.717, 1.165) is 35.7 Å². The van der Waals surface area contributed by atoms with Crippen LogP contribution in [0.5, 0.6) is 0 Å². The van der Waals surface area contributed by atoms with E-state index >= 15 is 0 Å². The molecule has 2 amide bonds. The third-order valence-electron chi connectivity index (χ3n) is 5.50. The van der Waals surface area contributed by atoms with E-state index in [1.54, 1.807) is 41.6 Å². The van der Waals surface area contributed by atoms with Crippen molar-refractivity contribution < 1.29 is 14.0 Å². The van der Waals surface area contributed by atoms with Crippen LogP contribution in [0.25, 0.3) is 0 Å². The predicted octanol–water partition coefficient (Wildman–Crippen LogP) is 2.82. The number of thiophene rings is 1. The molecule has 1 fully saturated rings. The van der Waals surface area contributed by atoms with Crippen LogP contribution in [-0.2, 0) is 9.59 Å². The van der Waals surface area contributed by atoms with Crippen molar-refractivity contribution in [2.45, 2.75) is 25.3 Å². The van der Waals surface area contributed by atoms with Crippen LogP contribution in [-0.4, -0.2) is 66.1 Å². The van der Waals surface area contributed by atoms with Crippen molar-refractivity contribution in [3.8, 4) is 0 Å². The summed E-state index contributed by atoms with van der Waals surface area (Å²) in [6, 6.07) is 7.52. The summed E-state index contributed by atoms with van der Waals surface area (Å²) in [5.74, 6) is 0.773. The molecule has 1 saturated heterocycles. The van der Waals surface area contributed by atoms with Gasteiger partial charge >= 0.3 is 0 Å². The highest BCUT2D eigenvalue weighted by molar-refractivity contribution is 7.12. The minimum atomic E-state index is -0.224. The van der Waals surface area contributed by atoms with Gasteiger partial charge in [0.15, 0.2) is 0 Å². The largest absolute Gasteiger partial charge is 0.467 e. The molecule has 8 heteroatoms. The van der Waals surface area contributed by atoms with Gasteiger partial charge in [-0.2, -0.15) is 5.10 Å². The van der Waals surface area contributed by atoms with Gasteiger partial charge in [0.2, 0.25) is 5.91 Å². The maximum Gasteiger partial charge on any atom is 0.257 e. The molecule has 2 unspecified atom stereocenters. The number of nitrogens with zero attached hydrogens (tertiary/aromatic N) is 4. The van der Waals surface area contributed by atoms with E-state index in [9.17, 15) is 9.59 Å². The summed E-state index contributed by atoms with van der Waals surface area (Å²) in [5.41, 5.74) is 0.911. The SMILES string of the molecule is CN(C)C(=O)C1CCCN(CC(=O)N2N=C(c3cccs3)CC2c2ccco2)C1. The zero-order chi connectivity index (χ0) is 20.4. The van der Waals surface area contributed by atoms with Crippen LogP contribution in [0.15, 0.2) is 45.4 Å². The zero-order valence-electron chi connectivity index (χ0n) is 16.8. The molecule has 4 rings (SSSR count). The Morgan fingerprint density at radius 2 is 2.17 bits per heavy atom. The van der Waals surface area contributed by atoms with Crippen LogP contribution < -0.4 is 0 Å². The highest BCUT2D eigenvalue weighted by Gasteiger charge is 2.36. The van der Waals surface area contributed by atoms with E-state index in [1.807, 2.05) is 29.6 Å². The first-order valence-corrected chi connectivity index (χ1v) is 10.8. The molecular weight excluding hydrogens is 388 g/mol. The minimum Gasteiger partial charge on any atom is -0.467 e. The predicted molar refractivity (Wildman–Crippen MR) is 112 cm³/mol. The summed E-state index contributed by atoms with van der Waals surface area (Å²) < 4.78 is 5.60. The molecule has 2 aromatic heterocycles. The van der Waals surface area contributed by atoms with E-state index in [1.165, 1.54) is 0 Å². The van der Waals surface area contributed by atoms with Crippen LogP contribution in [0.2, 0.25) is 0 Å². The van der Waals surface area contributed by atoms with E-state index in [-0.39, 0.29) is 30.3 Å². The molecule has 2 atom stereocenters. The number of hydrazone groups is 1. The quantitative estimate of drug-likeness (QED) is 0.754. The molecule has 0 N–H and O–H groups in total. The third-order valence-corrected chi connectivity index (χ3v) is 6.42. The van der Waals surface area contributed by atoms with Crippen molar-refractivity contribution in [1.82, 2.24) is 14.8 Å². The molecule has 154 valence electrons. The van der Waals surface area contributed by atoms with E-state index < -0.39 is 0 Å². The van der Waals surface area contributed by atoms with Gasteiger partial charge in [0.25, 0.3) is 5.91 Å². The van der Waals surface area contributed by atoms with E-state index in [2.05, 4.69) is 10.0 Å². The number of piperidine rings is 1. The second kappa shape index (κ2) is 8.51. The number of rotatable bonds is 5. The van der Waals surface area contributed by atoms with Gasteiger partial charge in [0.1, 0.15) is 11.8 Å². The van der Waals surface area contributed by atoms with Gasteiger partial charge in [-0.25, -0.2) is 5.01 Å². The van der Waals surface area contributed by atoms with Crippen molar-refractivity contribution in [3.63, 3.8) is 0 Å². The van der Waals surface area contributed by atoms with Crippen molar-refractivity contribution >= 4 is 28.9 Å². The topological polar surface area (TPSA) is 69.4 Å². The van der Waals surface area contributed by atoms with Crippen molar-refractivity contribution in [2.75, 3.05) is 33.7 Å². The molecule has 29 heavy (non-hydrogen) atoms. The van der Waals surface area contributed by atoms with Gasteiger partial charge in [0, 0.05) is 27.1 Å². The monoisotopic (exact) mass is 414 g/mol. The number of amides is 2. The van der Waals surface area contributed by atoms with Crippen molar-refractivity contribution in [3.05, 3.63) is 46.5 Å². The van der Waals surface area contributed by atoms with Crippen LogP contribution >= 0.6 is 11.3 Å². The molecule has 0 aromatic carbocycles. The highest BCUT2D eigenvalue weighted by atomic mass is 32.1. The van der Waals surface area contributed by atoms with Gasteiger partial charge in [0.05, 0.1) is 29.3 Å². The molecule has 0 spiro atoms. The minimum absolute atomic E-state index is 0.0452. The van der Waals surface area contributed by atoms with Gasteiger partial charge in [-0.1, -0.05) is 6.07 Å². The lowest BCUT2D eigenvalue weighted by atomic mass is 9.96. The Hall–Kier alpha value is -2.45. The Labute approximate surface area is 174 Å². The first-order chi connectivity index (χ1) is 14.0. The molecule has 2 aliphatic rings. The van der Waals surface area contributed by atoms with E-state index in [0.29, 0.717) is 13.0 Å². The number of carbonyl (C=O) groups excluding carboxylic acids is 2. The van der Waals surface area contributed by atoms with Crippen LogP contribution in [0.4, 0.5) is 0 Å². The lowest BCUT2D eigenvalue weighted by molar-refractivity contribution is -0.138. The Morgan fingerprint density at radius 1 is 1.31 bits per heavy atom. The summed E-state index contributed by atoms with van der Waals surface area (Å²) in [6.45, 7) is 1.70. The molecule has 0 radical (unpaired) electrons. The molecule has 0 saturated carbocycles. The standard InChI is InChI=1S/C21H26N4O3S/c1-23(2)21(27)15-6-3-9-24(13-15)14-20(26)25-17(18-7-4-10-28-18)12-16(22-25)19-8-5-11-29-19/h4-5,7-8,10-11,15,17H,3,6,9,12-14H2,1-2H3. The summed E-state index contributed by atoms with van der Waals surface area (Å²) in [6.07, 6.45) is 4.06. The Kier molecular flexibility index (Phi) is 5.82. The molecular formula is C21H26N4O3S. The fourth-order valence-electron chi connectivity index (χ4n) is 4.06. The smallest absolute Gasteiger partial charge is 0.257 e. The number of likely N-dealkylation sites (tertiary alicyclic amines) is 1. The van der Waals surface area contributed by atoms with Gasteiger partial charge in [-0.05, 0) is 43.0 Å². The lowest BCUT2D eigenvalue weighted by Crippen LogP contribution is -2.46. The first kappa shape index (κ1) is 19.8. The maximum absolute atomic E-state index is 13.2. The molecule has 7 nitrogen and oxygen atoms in total. The molecule has 2 aromatic rings. The molecule has 4 heterocycles. The van der Waals surface area contributed by atoms with Gasteiger partial charge in [-0.3, -0.25) is 14.5 Å². The number of hydrogen-bond acceptors (Lipinski definition) is 6. The Bertz CT molecular complexity index is 876. The maximum atomic E-state index is 13.2. The summed E-state index contributed by atoms with van der Waals surface area (Å²) >= 11 is 1.62. The van der Waals surface area contributed by atoms with E-state index in [4.69, 9.17) is 4.42 Å². The van der Waals surface area contributed by atoms with Crippen molar-refractivity contribution in [2.24, 2.45) is 11.0 Å². The second-order valence-corrected chi connectivity index (χ2v) is 8.75. The third kappa shape index (κ3) is 4.28. The Balaban J connectivity index is 1.48. The van der Waals surface area contributed by atoms with Crippen LogP contribution in [0.3, 0.4) is 0 Å². The summed E-state index contributed by atoms with van der Waals surface area (Å²) in [7, 11) is 3.57. The lowest BCUT2D eigenvalue weighted by Gasteiger charge is -2.33. The fourth-order valence-corrected chi connectivity index (χ4v) is 4.79.